The first kappa shape index (κ1) is 24.2. The van der Waals surface area contributed by atoms with Gasteiger partial charge in [-0.05, 0) is 35.9 Å². The van der Waals surface area contributed by atoms with Gasteiger partial charge in [0.2, 0.25) is 5.91 Å². The van der Waals surface area contributed by atoms with Gasteiger partial charge in [0.05, 0.1) is 12.2 Å². The molecular formula is C21H23Cl3N4O2. The molecule has 160 valence electrons. The monoisotopic (exact) mass is 468 g/mol. The van der Waals surface area contributed by atoms with Crippen LogP contribution in [0.4, 0.5) is 0 Å². The Morgan fingerprint density at radius 1 is 1.20 bits per heavy atom. The molecule has 4 rings (SSSR count). The highest BCUT2D eigenvalue weighted by atomic mass is 35.5. The van der Waals surface area contributed by atoms with E-state index in [-0.39, 0.29) is 36.8 Å². The van der Waals surface area contributed by atoms with Crippen LogP contribution in [0.15, 0.2) is 59.4 Å². The fourth-order valence-corrected chi connectivity index (χ4v) is 3.53. The minimum Gasteiger partial charge on any atom is -0.441 e. The molecule has 1 atom stereocenters. The number of rotatable bonds is 5. The number of hydrogen-bond acceptors (Lipinski definition) is 5. The van der Waals surface area contributed by atoms with Crippen molar-refractivity contribution >= 4 is 42.3 Å². The van der Waals surface area contributed by atoms with Crippen molar-refractivity contribution in [3.63, 3.8) is 0 Å². The summed E-state index contributed by atoms with van der Waals surface area (Å²) in [5.74, 6) is 1.34. The van der Waals surface area contributed by atoms with E-state index in [0.29, 0.717) is 36.1 Å². The second kappa shape index (κ2) is 11.3. The Bertz CT molecular complexity index is 935. The van der Waals surface area contributed by atoms with Gasteiger partial charge in [-0.3, -0.25) is 9.78 Å². The van der Waals surface area contributed by atoms with Crippen LogP contribution in [0, 0.1) is 0 Å². The molecule has 1 fully saturated rings. The molecule has 30 heavy (non-hydrogen) atoms. The SMILES string of the molecule is Cl.Cl.O=C(CCc1ncc(-c2ccc(Cl)cc2)o1)N1CCNCC1c1cccnc1. The van der Waals surface area contributed by atoms with Gasteiger partial charge in [-0.25, -0.2) is 4.98 Å². The summed E-state index contributed by atoms with van der Waals surface area (Å²) < 4.78 is 5.81. The van der Waals surface area contributed by atoms with E-state index in [1.165, 1.54) is 0 Å². The van der Waals surface area contributed by atoms with Gasteiger partial charge in [-0.1, -0.05) is 17.7 Å². The molecule has 1 saturated heterocycles. The molecule has 3 aromatic rings. The number of halogens is 3. The summed E-state index contributed by atoms with van der Waals surface area (Å²) in [4.78, 5) is 23.3. The Morgan fingerprint density at radius 3 is 2.73 bits per heavy atom. The van der Waals surface area contributed by atoms with Crippen LogP contribution in [0.1, 0.15) is 23.9 Å². The number of amides is 1. The summed E-state index contributed by atoms with van der Waals surface area (Å²) in [6.07, 6.45) is 6.08. The summed E-state index contributed by atoms with van der Waals surface area (Å²) in [5, 5.41) is 4.03. The van der Waals surface area contributed by atoms with E-state index in [9.17, 15) is 4.79 Å². The first-order valence-electron chi connectivity index (χ1n) is 9.31. The topological polar surface area (TPSA) is 71.3 Å². The molecule has 1 aliphatic rings. The third-order valence-corrected chi connectivity index (χ3v) is 5.12. The number of benzene rings is 1. The van der Waals surface area contributed by atoms with Crippen molar-refractivity contribution in [2.45, 2.75) is 18.9 Å². The molecule has 3 heterocycles. The van der Waals surface area contributed by atoms with Gasteiger partial charge < -0.3 is 14.6 Å². The van der Waals surface area contributed by atoms with Crippen LogP contribution in [0.2, 0.25) is 5.02 Å². The molecule has 0 spiro atoms. The second-order valence-electron chi connectivity index (χ2n) is 6.72. The van der Waals surface area contributed by atoms with Gasteiger partial charge in [0, 0.05) is 55.5 Å². The van der Waals surface area contributed by atoms with Gasteiger partial charge in [-0.15, -0.1) is 24.8 Å². The predicted octanol–water partition coefficient (Wildman–Crippen LogP) is 4.34. The van der Waals surface area contributed by atoms with E-state index < -0.39 is 0 Å². The Morgan fingerprint density at radius 2 is 2.00 bits per heavy atom. The zero-order chi connectivity index (χ0) is 19.3. The van der Waals surface area contributed by atoms with Crippen molar-refractivity contribution < 1.29 is 9.21 Å². The average Bonchev–Trinajstić information content (AvgIpc) is 3.22. The molecule has 0 aliphatic carbocycles. The lowest BCUT2D eigenvalue weighted by Crippen LogP contribution is -2.48. The third-order valence-electron chi connectivity index (χ3n) is 4.87. The van der Waals surface area contributed by atoms with Gasteiger partial charge in [0.25, 0.3) is 0 Å². The summed E-state index contributed by atoms with van der Waals surface area (Å²) in [5.41, 5.74) is 1.96. The number of piperazine rings is 1. The molecular weight excluding hydrogens is 447 g/mol. The molecule has 9 heteroatoms. The Labute approximate surface area is 192 Å². The number of aromatic nitrogens is 2. The fourth-order valence-electron chi connectivity index (χ4n) is 3.40. The average molecular weight is 470 g/mol. The molecule has 1 aliphatic heterocycles. The molecule has 2 aromatic heterocycles. The maximum Gasteiger partial charge on any atom is 0.223 e. The highest BCUT2D eigenvalue weighted by Crippen LogP contribution is 2.24. The Kier molecular flexibility index (Phi) is 9.11. The number of oxazole rings is 1. The minimum atomic E-state index is 0. The lowest BCUT2D eigenvalue weighted by Gasteiger charge is -2.36. The van der Waals surface area contributed by atoms with E-state index in [4.69, 9.17) is 16.0 Å². The normalized spacial score (nSPS) is 15.8. The van der Waals surface area contributed by atoms with Crippen LogP contribution >= 0.6 is 36.4 Å². The van der Waals surface area contributed by atoms with Gasteiger partial charge in [-0.2, -0.15) is 0 Å². The van der Waals surface area contributed by atoms with E-state index in [2.05, 4.69) is 15.3 Å². The molecule has 0 radical (unpaired) electrons. The Hall–Kier alpha value is -2.12. The number of hydrogen-bond donors (Lipinski definition) is 1. The van der Waals surface area contributed by atoms with E-state index in [1.54, 1.807) is 12.4 Å². The van der Waals surface area contributed by atoms with Crippen LogP contribution in [0.5, 0.6) is 0 Å². The summed E-state index contributed by atoms with van der Waals surface area (Å²) in [6.45, 7) is 2.21. The lowest BCUT2D eigenvalue weighted by molar-refractivity contribution is -0.134. The summed E-state index contributed by atoms with van der Waals surface area (Å²) in [6, 6.07) is 11.3. The quantitative estimate of drug-likeness (QED) is 0.602. The first-order valence-corrected chi connectivity index (χ1v) is 9.69. The smallest absolute Gasteiger partial charge is 0.223 e. The number of carbonyl (C=O) groups is 1. The van der Waals surface area contributed by atoms with Gasteiger partial charge in [0.1, 0.15) is 0 Å². The summed E-state index contributed by atoms with van der Waals surface area (Å²) >= 11 is 5.92. The summed E-state index contributed by atoms with van der Waals surface area (Å²) in [7, 11) is 0. The Balaban J connectivity index is 0.00000160. The van der Waals surface area contributed by atoms with Crippen molar-refractivity contribution in [3.8, 4) is 11.3 Å². The first-order chi connectivity index (χ1) is 13.7. The fraction of sp³-hybridized carbons (Fsp3) is 0.286. The highest BCUT2D eigenvalue weighted by Gasteiger charge is 2.27. The molecule has 1 amide bonds. The van der Waals surface area contributed by atoms with E-state index >= 15 is 0 Å². The van der Waals surface area contributed by atoms with Crippen molar-refractivity contribution in [2.75, 3.05) is 19.6 Å². The molecule has 0 saturated carbocycles. The number of nitrogens with zero attached hydrogens (tertiary/aromatic N) is 3. The molecule has 1 unspecified atom stereocenters. The van der Waals surface area contributed by atoms with Crippen molar-refractivity contribution in [1.82, 2.24) is 20.2 Å². The maximum atomic E-state index is 12.9. The van der Waals surface area contributed by atoms with E-state index in [1.807, 2.05) is 47.5 Å². The number of pyridine rings is 1. The minimum absolute atomic E-state index is 0. The zero-order valence-electron chi connectivity index (χ0n) is 16.2. The molecule has 0 bridgehead atoms. The van der Waals surface area contributed by atoms with Crippen LogP contribution in [0.3, 0.4) is 0 Å². The molecule has 1 N–H and O–H groups in total. The van der Waals surface area contributed by atoms with Crippen molar-refractivity contribution in [2.24, 2.45) is 0 Å². The van der Waals surface area contributed by atoms with Gasteiger partial charge in [0.15, 0.2) is 11.7 Å². The number of aryl methyl sites for hydroxylation is 1. The largest absolute Gasteiger partial charge is 0.441 e. The van der Waals surface area contributed by atoms with E-state index in [0.717, 1.165) is 24.2 Å². The zero-order valence-corrected chi connectivity index (χ0v) is 18.6. The highest BCUT2D eigenvalue weighted by molar-refractivity contribution is 6.30. The van der Waals surface area contributed by atoms with Crippen molar-refractivity contribution in [1.29, 1.82) is 0 Å². The number of nitrogens with one attached hydrogen (secondary N) is 1. The van der Waals surface area contributed by atoms with Crippen LogP contribution < -0.4 is 5.32 Å². The predicted molar refractivity (Wildman–Crippen MR) is 121 cm³/mol. The standard InChI is InChI=1S/C21H21ClN4O2.2ClH/c22-17-5-3-15(4-6-17)19-14-25-20(28-19)7-8-21(27)26-11-10-24-13-18(26)16-2-1-9-23-12-16;;/h1-6,9,12,14,18,24H,7-8,10-11,13H2;2*1H. The van der Waals surface area contributed by atoms with Crippen molar-refractivity contribution in [3.05, 3.63) is 71.5 Å². The van der Waals surface area contributed by atoms with Gasteiger partial charge >= 0.3 is 0 Å². The maximum absolute atomic E-state index is 12.9. The molecule has 6 nitrogen and oxygen atoms in total. The van der Waals surface area contributed by atoms with Crippen LogP contribution in [0.25, 0.3) is 11.3 Å². The second-order valence-corrected chi connectivity index (χ2v) is 7.15. The van der Waals surface area contributed by atoms with Crippen LogP contribution in [-0.4, -0.2) is 40.4 Å². The molecule has 1 aromatic carbocycles. The lowest BCUT2D eigenvalue weighted by atomic mass is 10.0. The third kappa shape index (κ3) is 5.73. The van der Waals surface area contributed by atoms with Crippen LogP contribution in [-0.2, 0) is 11.2 Å². The number of carbonyl (C=O) groups excluding carboxylic acids is 1.